The molecule has 0 aliphatic heterocycles. The lowest BCUT2D eigenvalue weighted by Gasteiger charge is -2.29. The molecule has 1 aliphatic rings. The molecular formula is C14H16F4N2O. The lowest BCUT2D eigenvalue weighted by Crippen LogP contribution is -2.32. The number of benzene rings is 1. The van der Waals surface area contributed by atoms with Crippen LogP contribution >= 0.6 is 0 Å². The standard InChI is InChI=1S/C14H16F4N2O/c15-11-6-5-10(7-12(11)19)20-13(21)8-1-3-9(4-2-8)14(16,17)18/h5-9H,1-4,19H2,(H,20,21). The Kier molecular flexibility index (Phi) is 4.39. The monoisotopic (exact) mass is 304 g/mol. The first-order chi connectivity index (χ1) is 9.77. The molecule has 2 rings (SSSR count). The van der Waals surface area contributed by atoms with E-state index in [0.29, 0.717) is 5.69 Å². The van der Waals surface area contributed by atoms with Crippen molar-refractivity contribution < 1.29 is 22.4 Å². The molecule has 3 nitrogen and oxygen atoms in total. The van der Waals surface area contributed by atoms with E-state index >= 15 is 0 Å². The highest BCUT2D eigenvalue weighted by Crippen LogP contribution is 2.39. The number of amides is 1. The first kappa shape index (κ1) is 15.6. The third-order valence-electron chi connectivity index (χ3n) is 3.82. The summed E-state index contributed by atoms with van der Waals surface area (Å²) in [4.78, 5) is 12.0. The summed E-state index contributed by atoms with van der Waals surface area (Å²) in [5.74, 6) is -2.70. The van der Waals surface area contributed by atoms with Crippen LogP contribution in [0.25, 0.3) is 0 Å². The molecule has 21 heavy (non-hydrogen) atoms. The number of anilines is 2. The maximum absolute atomic E-state index is 13.0. The summed E-state index contributed by atoms with van der Waals surface area (Å²) >= 11 is 0. The van der Waals surface area contributed by atoms with Gasteiger partial charge in [0, 0.05) is 11.6 Å². The lowest BCUT2D eigenvalue weighted by atomic mass is 9.81. The molecule has 1 aliphatic carbocycles. The average Bonchev–Trinajstić information content (AvgIpc) is 2.42. The molecular weight excluding hydrogens is 288 g/mol. The van der Waals surface area contributed by atoms with Gasteiger partial charge in [0.2, 0.25) is 5.91 Å². The molecule has 3 N–H and O–H groups in total. The number of nitrogens with two attached hydrogens (primary N) is 1. The van der Waals surface area contributed by atoms with Crippen LogP contribution in [0.2, 0.25) is 0 Å². The zero-order valence-electron chi connectivity index (χ0n) is 11.2. The molecule has 1 amide bonds. The summed E-state index contributed by atoms with van der Waals surface area (Å²) in [6.07, 6.45) is -3.85. The first-order valence-corrected chi connectivity index (χ1v) is 6.70. The molecule has 0 unspecified atom stereocenters. The number of carbonyl (C=O) groups excluding carboxylic acids is 1. The zero-order chi connectivity index (χ0) is 15.6. The Labute approximate surface area is 119 Å². The van der Waals surface area contributed by atoms with Gasteiger partial charge in [0.15, 0.2) is 0 Å². The molecule has 116 valence electrons. The summed E-state index contributed by atoms with van der Waals surface area (Å²) < 4.78 is 50.6. The molecule has 1 aromatic carbocycles. The Morgan fingerprint density at radius 3 is 2.33 bits per heavy atom. The smallest absolute Gasteiger partial charge is 0.391 e. The molecule has 0 spiro atoms. The zero-order valence-corrected chi connectivity index (χ0v) is 11.2. The number of nitrogen functional groups attached to an aromatic ring is 1. The van der Waals surface area contributed by atoms with Crippen molar-refractivity contribution in [2.24, 2.45) is 11.8 Å². The van der Waals surface area contributed by atoms with Crippen LogP contribution in [0.15, 0.2) is 18.2 Å². The minimum Gasteiger partial charge on any atom is -0.396 e. The molecule has 0 aromatic heterocycles. The summed E-state index contributed by atoms with van der Waals surface area (Å²) in [7, 11) is 0. The second-order valence-corrected chi connectivity index (χ2v) is 5.32. The van der Waals surface area contributed by atoms with Gasteiger partial charge in [-0.3, -0.25) is 4.79 Å². The Hall–Kier alpha value is -1.79. The number of hydrogen-bond acceptors (Lipinski definition) is 2. The minimum atomic E-state index is -4.19. The highest BCUT2D eigenvalue weighted by Gasteiger charge is 2.42. The number of halogens is 4. The van der Waals surface area contributed by atoms with Gasteiger partial charge in [-0.05, 0) is 43.9 Å². The number of alkyl halides is 3. The van der Waals surface area contributed by atoms with Gasteiger partial charge in [-0.25, -0.2) is 4.39 Å². The van der Waals surface area contributed by atoms with Crippen molar-refractivity contribution in [1.29, 1.82) is 0 Å². The second-order valence-electron chi connectivity index (χ2n) is 5.32. The topological polar surface area (TPSA) is 55.1 Å². The fourth-order valence-corrected chi connectivity index (χ4v) is 2.55. The highest BCUT2D eigenvalue weighted by atomic mass is 19.4. The van der Waals surface area contributed by atoms with Gasteiger partial charge < -0.3 is 11.1 Å². The van der Waals surface area contributed by atoms with Crippen LogP contribution in [-0.4, -0.2) is 12.1 Å². The highest BCUT2D eigenvalue weighted by molar-refractivity contribution is 5.93. The fourth-order valence-electron chi connectivity index (χ4n) is 2.55. The van der Waals surface area contributed by atoms with Crippen molar-refractivity contribution in [3.8, 4) is 0 Å². The van der Waals surface area contributed by atoms with E-state index < -0.39 is 23.8 Å². The fraction of sp³-hybridized carbons (Fsp3) is 0.500. The number of carbonyl (C=O) groups is 1. The van der Waals surface area contributed by atoms with Crippen LogP contribution in [0.1, 0.15) is 25.7 Å². The van der Waals surface area contributed by atoms with E-state index in [0.717, 1.165) is 6.07 Å². The maximum atomic E-state index is 13.0. The molecule has 0 atom stereocenters. The van der Waals surface area contributed by atoms with Gasteiger partial charge in [0.1, 0.15) is 5.82 Å². The van der Waals surface area contributed by atoms with Crippen LogP contribution in [0.4, 0.5) is 28.9 Å². The second kappa shape index (κ2) is 5.91. The van der Waals surface area contributed by atoms with Crippen LogP contribution < -0.4 is 11.1 Å². The average molecular weight is 304 g/mol. The summed E-state index contributed by atoms with van der Waals surface area (Å²) in [6, 6.07) is 3.78. The van der Waals surface area contributed by atoms with Gasteiger partial charge in [-0.2, -0.15) is 13.2 Å². The van der Waals surface area contributed by atoms with Gasteiger partial charge in [-0.1, -0.05) is 0 Å². The van der Waals surface area contributed by atoms with Gasteiger partial charge >= 0.3 is 6.18 Å². The molecule has 0 heterocycles. The predicted octanol–water partition coefficient (Wildman–Crippen LogP) is 3.72. The van der Waals surface area contributed by atoms with E-state index in [9.17, 15) is 22.4 Å². The number of rotatable bonds is 2. The number of nitrogens with one attached hydrogen (secondary N) is 1. The molecule has 1 fully saturated rings. The van der Waals surface area contributed by atoms with E-state index in [1.807, 2.05) is 0 Å². The van der Waals surface area contributed by atoms with Crippen molar-refractivity contribution in [3.05, 3.63) is 24.0 Å². The van der Waals surface area contributed by atoms with Crippen molar-refractivity contribution in [2.45, 2.75) is 31.9 Å². The van der Waals surface area contributed by atoms with Crippen LogP contribution in [0.5, 0.6) is 0 Å². The maximum Gasteiger partial charge on any atom is 0.391 e. The van der Waals surface area contributed by atoms with Crippen LogP contribution in [0, 0.1) is 17.7 Å². The summed E-state index contributed by atoms with van der Waals surface area (Å²) in [5, 5.41) is 2.57. The van der Waals surface area contributed by atoms with E-state index in [-0.39, 0.29) is 37.3 Å². The third-order valence-corrected chi connectivity index (χ3v) is 3.82. The third kappa shape index (κ3) is 3.86. The summed E-state index contributed by atoms with van der Waals surface area (Å²) in [6.45, 7) is 0. The number of hydrogen-bond donors (Lipinski definition) is 2. The van der Waals surface area contributed by atoms with Gasteiger partial charge in [0.05, 0.1) is 11.6 Å². The Morgan fingerprint density at radius 1 is 1.19 bits per heavy atom. The molecule has 1 saturated carbocycles. The molecule has 1 aromatic rings. The van der Waals surface area contributed by atoms with Crippen molar-refractivity contribution >= 4 is 17.3 Å². The SMILES string of the molecule is Nc1cc(NC(=O)C2CCC(C(F)(F)F)CC2)ccc1F. The van der Waals surface area contributed by atoms with Crippen molar-refractivity contribution in [1.82, 2.24) is 0 Å². The van der Waals surface area contributed by atoms with Crippen LogP contribution in [-0.2, 0) is 4.79 Å². The quantitative estimate of drug-likeness (QED) is 0.646. The first-order valence-electron chi connectivity index (χ1n) is 6.70. The molecule has 0 radical (unpaired) electrons. The Bertz CT molecular complexity index is 522. The normalized spacial score (nSPS) is 22.9. The van der Waals surface area contributed by atoms with Crippen LogP contribution in [0.3, 0.4) is 0 Å². The van der Waals surface area contributed by atoms with Crippen molar-refractivity contribution in [3.63, 3.8) is 0 Å². The lowest BCUT2D eigenvalue weighted by molar-refractivity contribution is -0.184. The Balaban J connectivity index is 1.92. The van der Waals surface area contributed by atoms with Gasteiger partial charge in [-0.15, -0.1) is 0 Å². The van der Waals surface area contributed by atoms with Gasteiger partial charge in [0.25, 0.3) is 0 Å². The molecule has 0 saturated heterocycles. The van der Waals surface area contributed by atoms with E-state index in [4.69, 9.17) is 5.73 Å². The molecule has 7 heteroatoms. The summed E-state index contributed by atoms with van der Waals surface area (Å²) in [5.41, 5.74) is 5.64. The van der Waals surface area contributed by atoms with E-state index in [1.165, 1.54) is 12.1 Å². The Morgan fingerprint density at radius 2 is 1.81 bits per heavy atom. The van der Waals surface area contributed by atoms with Crippen molar-refractivity contribution in [2.75, 3.05) is 11.1 Å². The molecule has 0 bridgehead atoms. The minimum absolute atomic E-state index is 0.0346. The largest absolute Gasteiger partial charge is 0.396 e. The van der Waals surface area contributed by atoms with E-state index in [1.54, 1.807) is 0 Å². The van der Waals surface area contributed by atoms with E-state index in [2.05, 4.69) is 5.32 Å². The predicted molar refractivity (Wildman–Crippen MR) is 70.9 cm³/mol.